The van der Waals surface area contributed by atoms with Crippen LogP contribution in [0.15, 0.2) is 12.5 Å². The molecule has 1 aromatic rings. The van der Waals surface area contributed by atoms with Crippen molar-refractivity contribution in [2.75, 3.05) is 6.54 Å². The van der Waals surface area contributed by atoms with Crippen molar-refractivity contribution in [3.8, 4) is 0 Å². The van der Waals surface area contributed by atoms with Crippen molar-refractivity contribution < 1.29 is 29.4 Å². The topological polar surface area (TPSA) is 191 Å². The Bertz CT molecular complexity index is 827. The number of nitrogens with one attached hydrogen (secondary N) is 3. The second-order valence-electron chi connectivity index (χ2n) is 8.83. The molecule has 2 heterocycles. The molecule has 7 N–H and O–H groups in total. The van der Waals surface area contributed by atoms with Crippen LogP contribution in [0.4, 0.5) is 0 Å². The molecule has 1 aliphatic heterocycles. The van der Waals surface area contributed by atoms with Gasteiger partial charge in [-0.2, -0.15) is 0 Å². The lowest BCUT2D eigenvalue weighted by Crippen LogP contribution is -2.59. The van der Waals surface area contributed by atoms with Gasteiger partial charge in [0.25, 0.3) is 0 Å². The maximum absolute atomic E-state index is 12.9. The number of imidazole rings is 1. The standard InChI is InChI=1S/C21H34N6O6/c1-11(2)7-14(22)20(31)27-6-4-5-16(27)18(29)26-17(12(3)28)19(30)25-15(21(32)33)8-13-9-23-10-24-13/h9-12,14-17,28H,4-8,22H2,1-3H3,(H,23,24)(H,25,30)(H,26,29)(H,32,33). The smallest absolute Gasteiger partial charge is 0.326 e. The average molecular weight is 467 g/mol. The van der Waals surface area contributed by atoms with Crippen LogP contribution in [0.5, 0.6) is 0 Å². The summed E-state index contributed by atoms with van der Waals surface area (Å²) < 4.78 is 0. The first-order chi connectivity index (χ1) is 15.5. The van der Waals surface area contributed by atoms with E-state index in [1.54, 1.807) is 0 Å². The average Bonchev–Trinajstić information content (AvgIpc) is 3.41. The van der Waals surface area contributed by atoms with Gasteiger partial charge >= 0.3 is 5.97 Å². The molecule has 0 spiro atoms. The summed E-state index contributed by atoms with van der Waals surface area (Å²) >= 11 is 0. The summed E-state index contributed by atoms with van der Waals surface area (Å²) in [5, 5.41) is 24.4. The number of carbonyl (C=O) groups is 4. The number of carbonyl (C=O) groups excluding carboxylic acids is 3. The van der Waals surface area contributed by atoms with Gasteiger partial charge in [0, 0.05) is 24.9 Å². The Labute approximate surface area is 192 Å². The predicted molar refractivity (Wildman–Crippen MR) is 118 cm³/mol. The minimum absolute atomic E-state index is 0.0554. The SMILES string of the molecule is CC(C)CC(N)C(=O)N1CCCC1C(=O)NC(C(=O)NC(Cc1cnc[nH]1)C(=O)O)C(C)O. The molecule has 1 fully saturated rings. The van der Waals surface area contributed by atoms with Gasteiger partial charge in [-0.3, -0.25) is 14.4 Å². The molecule has 0 radical (unpaired) electrons. The first kappa shape index (κ1) is 26.3. The minimum Gasteiger partial charge on any atom is -0.480 e. The summed E-state index contributed by atoms with van der Waals surface area (Å²) in [5.74, 6) is -2.84. The number of rotatable bonds is 11. The lowest BCUT2D eigenvalue weighted by molar-refractivity contribution is -0.144. The highest BCUT2D eigenvalue weighted by Gasteiger charge is 2.39. The van der Waals surface area contributed by atoms with E-state index in [-0.39, 0.29) is 18.2 Å². The Balaban J connectivity index is 2.06. The number of nitrogens with two attached hydrogens (primary N) is 1. The number of amides is 3. The first-order valence-electron chi connectivity index (χ1n) is 11.1. The third-order valence-electron chi connectivity index (χ3n) is 5.54. The lowest BCUT2D eigenvalue weighted by Gasteiger charge is -2.29. The molecule has 12 nitrogen and oxygen atoms in total. The number of carboxylic acids is 1. The van der Waals surface area contributed by atoms with Gasteiger partial charge in [-0.15, -0.1) is 0 Å². The van der Waals surface area contributed by atoms with Gasteiger partial charge in [0.15, 0.2) is 0 Å². The van der Waals surface area contributed by atoms with Crippen molar-refractivity contribution in [2.24, 2.45) is 11.7 Å². The van der Waals surface area contributed by atoms with Crippen molar-refractivity contribution in [1.82, 2.24) is 25.5 Å². The minimum atomic E-state index is -1.40. The van der Waals surface area contributed by atoms with E-state index >= 15 is 0 Å². The number of nitrogens with zero attached hydrogens (tertiary/aromatic N) is 2. The molecule has 5 unspecified atom stereocenters. The number of aliphatic carboxylic acids is 1. The summed E-state index contributed by atoms with van der Waals surface area (Å²) in [7, 11) is 0. The van der Waals surface area contributed by atoms with Crippen LogP contribution in [0, 0.1) is 5.92 Å². The number of aliphatic hydroxyl groups excluding tert-OH is 1. The lowest BCUT2D eigenvalue weighted by atomic mass is 10.0. The zero-order chi connectivity index (χ0) is 24.7. The molecule has 1 aromatic heterocycles. The van der Waals surface area contributed by atoms with Crippen LogP contribution in [0.3, 0.4) is 0 Å². The van der Waals surface area contributed by atoms with E-state index < -0.39 is 48.1 Å². The Morgan fingerprint density at radius 1 is 1.27 bits per heavy atom. The molecule has 1 saturated heterocycles. The molecule has 0 bridgehead atoms. The normalized spacial score (nSPS) is 19.6. The Hall–Kier alpha value is -2.99. The monoisotopic (exact) mass is 466 g/mol. The second kappa shape index (κ2) is 11.8. The van der Waals surface area contributed by atoms with Gasteiger partial charge < -0.3 is 36.5 Å². The van der Waals surface area contributed by atoms with Crippen LogP contribution < -0.4 is 16.4 Å². The molecule has 3 amide bonds. The zero-order valence-corrected chi connectivity index (χ0v) is 19.2. The highest BCUT2D eigenvalue weighted by molar-refractivity contribution is 5.94. The largest absolute Gasteiger partial charge is 0.480 e. The molecule has 2 rings (SSSR count). The van der Waals surface area contributed by atoms with E-state index in [4.69, 9.17) is 5.73 Å². The first-order valence-corrected chi connectivity index (χ1v) is 11.1. The summed E-state index contributed by atoms with van der Waals surface area (Å²) in [6, 6.07) is -4.24. The molecule has 12 heteroatoms. The highest BCUT2D eigenvalue weighted by atomic mass is 16.4. The van der Waals surface area contributed by atoms with Crippen LogP contribution in [-0.4, -0.2) is 85.6 Å². The number of aromatic nitrogens is 2. The summed E-state index contributed by atoms with van der Waals surface area (Å²) in [5.41, 5.74) is 6.51. The Kier molecular flexibility index (Phi) is 9.35. The van der Waals surface area contributed by atoms with E-state index in [1.807, 2.05) is 13.8 Å². The van der Waals surface area contributed by atoms with Crippen LogP contribution in [0.25, 0.3) is 0 Å². The molecular formula is C21H34N6O6. The number of aliphatic hydroxyl groups is 1. The molecule has 1 aliphatic rings. The van der Waals surface area contributed by atoms with Crippen LogP contribution in [0.1, 0.15) is 45.7 Å². The van der Waals surface area contributed by atoms with Crippen molar-refractivity contribution in [3.05, 3.63) is 18.2 Å². The molecule has 0 aromatic carbocycles. The number of aromatic amines is 1. The van der Waals surface area contributed by atoms with Crippen molar-refractivity contribution in [3.63, 3.8) is 0 Å². The number of H-pyrrole nitrogens is 1. The number of carboxylic acid groups (broad SMARTS) is 1. The maximum atomic E-state index is 12.9. The molecular weight excluding hydrogens is 432 g/mol. The maximum Gasteiger partial charge on any atom is 0.326 e. The predicted octanol–water partition coefficient (Wildman–Crippen LogP) is -1.25. The van der Waals surface area contributed by atoms with E-state index in [1.165, 1.54) is 24.3 Å². The van der Waals surface area contributed by atoms with E-state index in [0.717, 1.165) is 0 Å². The fraction of sp³-hybridized carbons (Fsp3) is 0.667. The van der Waals surface area contributed by atoms with Crippen molar-refractivity contribution >= 4 is 23.7 Å². The second-order valence-corrected chi connectivity index (χ2v) is 8.83. The molecule has 5 atom stereocenters. The molecule has 33 heavy (non-hydrogen) atoms. The van der Waals surface area contributed by atoms with Gasteiger partial charge in [-0.1, -0.05) is 13.8 Å². The van der Waals surface area contributed by atoms with Crippen LogP contribution >= 0.6 is 0 Å². The Morgan fingerprint density at radius 2 is 1.97 bits per heavy atom. The van der Waals surface area contributed by atoms with E-state index in [9.17, 15) is 29.4 Å². The van der Waals surface area contributed by atoms with E-state index in [2.05, 4.69) is 20.6 Å². The Morgan fingerprint density at radius 3 is 2.52 bits per heavy atom. The highest BCUT2D eigenvalue weighted by Crippen LogP contribution is 2.20. The fourth-order valence-electron chi connectivity index (χ4n) is 3.86. The van der Waals surface area contributed by atoms with Gasteiger partial charge in [0.1, 0.15) is 18.1 Å². The van der Waals surface area contributed by atoms with Gasteiger partial charge in [-0.05, 0) is 32.1 Å². The molecule has 0 saturated carbocycles. The zero-order valence-electron chi connectivity index (χ0n) is 19.2. The van der Waals surface area contributed by atoms with Crippen molar-refractivity contribution in [1.29, 1.82) is 0 Å². The quantitative estimate of drug-likeness (QED) is 0.233. The van der Waals surface area contributed by atoms with Crippen LogP contribution in [0.2, 0.25) is 0 Å². The van der Waals surface area contributed by atoms with Gasteiger partial charge in [-0.25, -0.2) is 9.78 Å². The summed E-state index contributed by atoms with van der Waals surface area (Å²) in [4.78, 5) is 58.0. The van der Waals surface area contributed by atoms with Crippen LogP contribution in [-0.2, 0) is 25.6 Å². The van der Waals surface area contributed by atoms with Gasteiger partial charge in [0.05, 0.1) is 18.5 Å². The molecule has 0 aliphatic carbocycles. The summed E-state index contributed by atoms with van der Waals surface area (Å²) in [6.45, 7) is 5.58. The third-order valence-corrected chi connectivity index (χ3v) is 5.54. The van der Waals surface area contributed by atoms with E-state index in [0.29, 0.717) is 31.5 Å². The molecule has 184 valence electrons. The van der Waals surface area contributed by atoms with Gasteiger partial charge in [0.2, 0.25) is 17.7 Å². The van der Waals surface area contributed by atoms with Crippen molar-refractivity contribution in [2.45, 2.75) is 76.7 Å². The summed E-state index contributed by atoms with van der Waals surface area (Å²) in [6.07, 6.45) is 2.95. The third kappa shape index (κ3) is 7.26. The number of likely N-dealkylation sites (tertiary alicyclic amines) is 1. The number of hydrogen-bond donors (Lipinski definition) is 6. The fourth-order valence-corrected chi connectivity index (χ4v) is 3.86. The number of hydrogen-bond acceptors (Lipinski definition) is 7.